The Bertz CT molecular complexity index is 502. The van der Waals surface area contributed by atoms with Crippen LogP contribution in [-0.2, 0) is 0 Å². The van der Waals surface area contributed by atoms with Gasteiger partial charge in [-0.05, 0) is 44.4 Å². The number of carbonyl (C=O) groups is 1. The van der Waals surface area contributed by atoms with Crippen molar-refractivity contribution in [3.05, 3.63) is 29.3 Å². The van der Waals surface area contributed by atoms with Gasteiger partial charge in [-0.3, -0.25) is 4.79 Å². The second-order valence-corrected chi connectivity index (χ2v) is 5.91. The van der Waals surface area contributed by atoms with E-state index in [0.29, 0.717) is 5.56 Å². The molecule has 4 heteroatoms. The molecule has 1 fully saturated rings. The molecule has 0 spiro atoms. The molecule has 1 aliphatic carbocycles. The van der Waals surface area contributed by atoms with Gasteiger partial charge in [0.1, 0.15) is 0 Å². The quantitative estimate of drug-likeness (QED) is 0.896. The number of aliphatic hydroxyl groups excluding tert-OH is 1. The number of amides is 1. The average molecular weight is 290 g/mol. The fourth-order valence-corrected chi connectivity index (χ4v) is 3.07. The lowest BCUT2D eigenvalue weighted by Crippen LogP contribution is -2.46. The smallest absolute Gasteiger partial charge is 0.256 e. The van der Waals surface area contributed by atoms with Gasteiger partial charge >= 0.3 is 0 Å². The highest BCUT2D eigenvalue weighted by molar-refractivity contribution is 5.99. The van der Waals surface area contributed by atoms with E-state index in [1.807, 2.05) is 32.0 Å². The Morgan fingerprint density at radius 1 is 1.38 bits per heavy atom. The zero-order chi connectivity index (χ0) is 15.4. The Labute approximate surface area is 127 Å². The Morgan fingerprint density at radius 2 is 2.10 bits per heavy atom. The molecule has 1 aromatic rings. The van der Waals surface area contributed by atoms with E-state index < -0.39 is 6.10 Å². The van der Waals surface area contributed by atoms with Crippen molar-refractivity contribution in [3.8, 4) is 0 Å². The van der Waals surface area contributed by atoms with E-state index >= 15 is 0 Å². The van der Waals surface area contributed by atoms with Crippen molar-refractivity contribution < 1.29 is 9.90 Å². The summed E-state index contributed by atoms with van der Waals surface area (Å²) in [5.41, 5.74) is 2.69. The molecule has 2 rings (SSSR count). The lowest BCUT2D eigenvalue weighted by molar-refractivity contribution is 0.0268. The molecule has 2 N–H and O–H groups in total. The monoisotopic (exact) mass is 290 g/mol. The number of aliphatic hydroxyl groups is 1. The third-order valence-electron chi connectivity index (χ3n) is 4.28. The molecule has 4 nitrogen and oxygen atoms in total. The van der Waals surface area contributed by atoms with E-state index in [2.05, 4.69) is 5.32 Å². The predicted molar refractivity (Wildman–Crippen MR) is 85.7 cm³/mol. The summed E-state index contributed by atoms with van der Waals surface area (Å²) in [7, 11) is 1.80. The standard InChI is InChI=1S/C17H26N2O2/c1-4-18-14-11-12(2)9-10-13(14)17(21)19(3)15-7-5-6-8-16(15)20/h9-11,15-16,18,20H,4-8H2,1-3H3. The zero-order valence-corrected chi connectivity index (χ0v) is 13.2. The van der Waals surface area contributed by atoms with Crippen molar-refractivity contribution >= 4 is 11.6 Å². The second-order valence-electron chi connectivity index (χ2n) is 5.91. The molecule has 1 saturated carbocycles. The highest BCUT2D eigenvalue weighted by Gasteiger charge is 2.30. The molecule has 0 heterocycles. The molecule has 1 aromatic carbocycles. The number of nitrogens with one attached hydrogen (secondary N) is 1. The Balaban J connectivity index is 2.22. The lowest BCUT2D eigenvalue weighted by Gasteiger charge is -2.35. The number of benzene rings is 1. The van der Waals surface area contributed by atoms with Gasteiger partial charge in [-0.2, -0.15) is 0 Å². The van der Waals surface area contributed by atoms with Gasteiger partial charge in [0.2, 0.25) is 0 Å². The first-order chi connectivity index (χ1) is 10.0. The molecule has 2 atom stereocenters. The van der Waals surface area contributed by atoms with Gasteiger partial charge in [0.15, 0.2) is 0 Å². The molecule has 1 aliphatic rings. The summed E-state index contributed by atoms with van der Waals surface area (Å²) in [6.07, 6.45) is 3.39. The van der Waals surface area contributed by atoms with Gasteiger partial charge in [-0.1, -0.05) is 18.9 Å². The minimum absolute atomic E-state index is 0.0168. The second kappa shape index (κ2) is 6.94. The highest BCUT2D eigenvalue weighted by Crippen LogP contribution is 2.26. The van der Waals surface area contributed by atoms with E-state index in [9.17, 15) is 9.90 Å². The van der Waals surface area contributed by atoms with Crippen LogP contribution in [0.5, 0.6) is 0 Å². The summed E-state index contributed by atoms with van der Waals surface area (Å²) < 4.78 is 0. The summed E-state index contributed by atoms with van der Waals surface area (Å²) in [4.78, 5) is 14.5. The van der Waals surface area contributed by atoms with E-state index in [-0.39, 0.29) is 11.9 Å². The molecule has 0 bridgehead atoms. The molecule has 2 unspecified atom stereocenters. The fourth-order valence-electron chi connectivity index (χ4n) is 3.07. The summed E-state index contributed by atoms with van der Waals surface area (Å²) in [5, 5.41) is 13.4. The van der Waals surface area contributed by atoms with Crippen LogP contribution in [0.4, 0.5) is 5.69 Å². The molecule has 116 valence electrons. The third kappa shape index (κ3) is 3.56. The first-order valence-corrected chi connectivity index (χ1v) is 7.84. The van der Waals surface area contributed by atoms with Crippen LogP contribution in [0.1, 0.15) is 48.5 Å². The van der Waals surface area contributed by atoms with Gasteiger partial charge < -0.3 is 15.3 Å². The zero-order valence-electron chi connectivity index (χ0n) is 13.2. The molecule has 0 saturated heterocycles. The number of hydrogen-bond donors (Lipinski definition) is 2. The van der Waals surface area contributed by atoms with Crippen molar-refractivity contribution in [2.45, 2.75) is 51.7 Å². The van der Waals surface area contributed by atoms with Gasteiger partial charge in [0, 0.05) is 19.3 Å². The van der Waals surface area contributed by atoms with Gasteiger partial charge in [-0.15, -0.1) is 0 Å². The molecule has 0 radical (unpaired) electrons. The van der Waals surface area contributed by atoms with Crippen molar-refractivity contribution in [1.29, 1.82) is 0 Å². The number of nitrogens with zero attached hydrogens (tertiary/aromatic N) is 1. The Hall–Kier alpha value is -1.55. The van der Waals surface area contributed by atoms with E-state index in [1.165, 1.54) is 0 Å². The number of hydrogen-bond acceptors (Lipinski definition) is 3. The molecular formula is C17H26N2O2. The van der Waals surface area contributed by atoms with Crippen LogP contribution < -0.4 is 5.32 Å². The Kier molecular flexibility index (Phi) is 5.23. The van der Waals surface area contributed by atoms with E-state index in [4.69, 9.17) is 0 Å². The minimum atomic E-state index is -0.402. The first-order valence-electron chi connectivity index (χ1n) is 7.84. The maximum atomic E-state index is 12.8. The van der Waals surface area contributed by atoms with Crippen LogP contribution >= 0.6 is 0 Å². The van der Waals surface area contributed by atoms with Crippen LogP contribution in [0.2, 0.25) is 0 Å². The van der Waals surface area contributed by atoms with Crippen LogP contribution in [0.25, 0.3) is 0 Å². The third-order valence-corrected chi connectivity index (χ3v) is 4.28. The number of likely N-dealkylation sites (N-methyl/N-ethyl adjacent to an activating group) is 1. The maximum Gasteiger partial charge on any atom is 0.256 e. The summed E-state index contributed by atoms with van der Waals surface area (Å²) in [6.45, 7) is 4.81. The lowest BCUT2D eigenvalue weighted by atomic mass is 9.91. The number of anilines is 1. The number of rotatable bonds is 4. The minimum Gasteiger partial charge on any atom is -0.391 e. The normalized spacial score (nSPS) is 21.9. The Morgan fingerprint density at radius 3 is 2.76 bits per heavy atom. The van der Waals surface area contributed by atoms with Gasteiger partial charge in [0.25, 0.3) is 5.91 Å². The topological polar surface area (TPSA) is 52.6 Å². The molecule has 0 aromatic heterocycles. The maximum absolute atomic E-state index is 12.8. The van der Waals surface area contributed by atoms with Gasteiger partial charge in [0.05, 0.1) is 17.7 Å². The van der Waals surface area contributed by atoms with Crippen LogP contribution in [0, 0.1) is 6.92 Å². The van der Waals surface area contributed by atoms with Crippen molar-refractivity contribution in [2.75, 3.05) is 18.9 Å². The summed E-state index contributed by atoms with van der Waals surface area (Å²) in [5.74, 6) is -0.0168. The van der Waals surface area contributed by atoms with Crippen molar-refractivity contribution in [3.63, 3.8) is 0 Å². The molecule has 0 aliphatic heterocycles. The highest BCUT2D eigenvalue weighted by atomic mass is 16.3. The molecule has 1 amide bonds. The van der Waals surface area contributed by atoms with E-state index in [1.54, 1.807) is 11.9 Å². The number of carbonyl (C=O) groups excluding carboxylic acids is 1. The largest absolute Gasteiger partial charge is 0.391 e. The fraction of sp³-hybridized carbons (Fsp3) is 0.588. The predicted octanol–water partition coefficient (Wildman–Crippen LogP) is 2.80. The van der Waals surface area contributed by atoms with E-state index in [0.717, 1.165) is 43.5 Å². The van der Waals surface area contributed by atoms with Crippen molar-refractivity contribution in [2.24, 2.45) is 0 Å². The van der Waals surface area contributed by atoms with Crippen LogP contribution in [0.3, 0.4) is 0 Å². The number of aryl methyl sites for hydroxylation is 1. The van der Waals surface area contributed by atoms with Crippen molar-refractivity contribution in [1.82, 2.24) is 4.90 Å². The molecule has 21 heavy (non-hydrogen) atoms. The van der Waals surface area contributed by atoms with Crippen LogP contribution in [0.15, 0.2) is 18.2 Å². The average Bonchev–Trinajstić information content (AvgIpc) is 2.47. The van der Waals surface area contributed by atoms with Gasteiger partial charge in [-0.25, -0.2) is 0 Å². The molecular weight excluding hydrogens is 264 g/mol. The van der Waals surface area contributed by atoms with Crippen LogP contribution in [-0.4, -0.2) is 41.7 Å². The summed E-state index contributed by atoms with van der Waals surface area (Å²) in [6, 6.07) is 5.77. The first kappa shape index (κ1) is 15.8. The SMILES string of the molecule is CCNc1cc(C)ccc1C(=O)N(C)C1CCCCC1O. The summed E-state index contributed by atoms with van der Waals surface area (Å²) >= 11 is 0.